The van der Waals surface area contributed by atoms with Gasteiger partial charge in [-0.25, -0.2) is 0 Å². The van der Waals surface area contributed by atoms with Crippen molar-refractivity contribution in [2.75, 3.05) is 13.2 Å². The number of carbonyl (C=O) groups is 1. The summed E-state index contributed by atoms with van der Waals surface area (Å²) >= 11 is 0. The minimum Gasteiger partial charge on any atom is -0.378 e. The molecule has 4 nitrogen and oxygen atoms in total. The SMILES string of the molecule is NC(=O)C1=CNCNC1. The fraction of sp³-hybridized carbons (Fsp3) is 0.400. The van der Waals surface area contributed by atoms with E-state index in [-0.39, 0.29) is 5.91 Å². The van der Waals surface area contributed by atoms with Crippen LogP contribution in [0.1, 0.15) is 0 Å². The minimum atomic E-state index is -0.366. The predicted octanol–water partition coefficient (Wildman–Crippen LogP) is -1.49. The first-order valence-electron chi connectivity index (χ1n) is 2.73. The Morgan fingerprint density at radius 3 is 2.89 bits per heavy atom. The first-order valence-corrected chi connectivity index (χ1v) is 2.73. The Morgan fingerprint density at radius 1 is 1.78 bits per heavy atom. The van der Waals surface area contributed by atoms with E-state index in [9.17, 15) is 4.79 Å². The molecule has 0 aromatic rings. The molecule has 1 aliphatic heterocycles. The van der Waals surface area contributed by atoms with Gasteiger partial charge in [0.05, 0.1) is 6.67 Å². The van der Waals surface area contributed by atoms with Crippen molar-refractivity contribution in [3.63, 3.8) is 0 Å². The highest BCUT2D eigenvalue weighted by atomic mass is 16.1. The van der Waals surface area contributed by atoms with Crippen LogP contribution in [0.15, 0.2) is 11.8 Å². The molecular weight excluding hydrogens is 118 g/mol. The molecule has 0 aromatic carbocycles. The van der Waals surface area contributed by atoms with Crippen LogP contribution in [-0.2, 0) is 4.79 Å². The summed E-state index contributed by atoms with van der Waals surface area (Å²) in [6.45, 7) is 1.28. The number of amides is 1. The van der Waals surface area contributed by atoms with Crippen LogP contribution in [0, 0.1) is 0 Å². The van der Waals surface area contributed by atoms with E-state index < -0.39 is 0 Å². The van der Waals surface area contributed by atoms with Crippen molar-refractivity contribution in [2.45, 2.75) is 0 Å². The molecule has 1 rings (SSSR count). The Hall–Kier alpha value is -1.03. The van der Waals surface area contributed by atoms with Gasteiger partial charge in [0, 0.05) is 18.3 Å². The number of hydrogen-bond donors (Lipinski definition) is 3. The van der Waals surface area contributed by atoms with Crippen molar-refractivity contribution in [1.29, 1.82) is 0 Å². The maximum atomic E-state index is 10.4. The van der Waals surface area contributed by atoms with Gasteiger partial charge in [0.1, 0.15) is 0 Å². The third-order valence-corrected chi connectivity index (χ3v) is 1.14. The van der Waals surface area contributed by atoms with Crippen molar-refractivity contribution < 1.29 is 4.79 Å². The maximum Gasteiger partial charge on any atom is 0.247 e. The summed E-state index contributed by atoms with van der Waals surface area (Å²) in [6.07, 6.45) is 1.64. The highest BCUT2D eigenvalue weighted by Crippen LogP contribution is 1.90. The number of hydrogen-bond acceptors (Lipinski definition) is 3. The van der Waals surface area contributed by atoms with Crippen LogP contribution >= 0.6 is 0 Å². The van der Waals surface area contributed by atoms with E-state index in [1.54, 1.807) is 6.20 Å². The number of carbonyl (C=O) groups excluding carboxylic acids is 1. The lowest BCUT2D eigenvalue weighted by Crippen LogP contribution is -2.36. The van der Waals surface area contributed by atoms with Gasteiger partial charge in [-0.05, 0) is 0 Å². The van der Waals surface area contributed by atoms with E-state index in [1.165, 1.54) is 0 Å². The van der Waals surface area contributed by atoms with Crippen molar-refractivity contribution >= 4 is 5.91 Å². The standard InChI is InChI=1S/C5H9N3O/c6-5(9)4-1-7-3-8-2-4/h1,7-8H,2-3H2,(H2,6,9). The van der Waals surface area contributed by atoms with Crippen molar-refractivity contribution in [3.8, 4) is 0 Å². The third kappa shape index (κ3) is 1.43. The van der Waals surface area contributed by atoms with Crippen LogP contribution in [0.25, 0.3) is 0 Å². The largest absolute Gasteiger partial charge is 0.378 e. The van der Waals surface area contributed by atoms with Gasteiger partial charge in [0.2, 0.25) is 5.91 Å². The molecule has 0 radical (unpaired) electrons. The monoisotopic (exact) mass is 127 g/mol. The smallest absolute Gasteiger partial charge is 0.247 e. The number of nitrogens with one attached hydrogen (secondary N) is 2. The lowest BCUT2D eigenvalue weighted by Gasteiger charge is -2.12. The topological polar surface area (TPSA) is 67.2 Å². The first-order chi connectivity index (χ1) is 4.30. The fourth-order valence-electron chi connectivity index (χ4n) is 0.653. The van der Waals surface area contributed by atoms with Crippen molar-refractivity contribution in [3.05, 3.63) is 11.8 Å². The molecule has 0 unspecified atom stereocenters. The van der Waals surface area contributed by atoms with E-state index in [2.05, 4.69) is 10.6 Å². The molecule has 0 aromatic heterocycles. The molecule has 0 fully saturated rings. The highest BCUT2D eigenvalue weighted by molar-refractivity contribution is 5.92. The summed E-state index contributed by atoms with van der Waals surface area (Å²) in [7, 11) is 0. The molecule has 0 atom stereocenters. The van der Waals surface area contributed by atoms with Crippen LogP contribution in [0.3, 0.4) is 0 Å². The van der Waals surface area contributed by atoms with Crippen LogP contribution in [-0.4, -0.2) is 19.1 Å². The quantitative estimate of drug-likeness (QED) is 0.402. The Morgan fingerprint density at radius 2 is 2.56 bits per heavy atom. The summed E-state index contributed by atoms with van der Waals surface area (Å²) in [5, 5.41) is 5.78. The molecule has 4 N–H and O–H groups in total. The first kappa shape index (κ1) is 6.10. The van der Waals surface area contributed by atoms with Gasteiger partial charge in [0.15, 0.2) is 0 Å². The molecule has 1 aliphatic rings. The Labute approximate surface area is 53.1 Å². The zero-order chi connectivity index (χ0) is 6.69. The van der Waals surface area contributed by atoms with E-state index in [4.69, 9.17) is 5.73 Å². The van der Waals surface area contributed by atoms with Crippen LogP contribution in [0.4, 0.5) is 0 Å². The normalized spacial score (nSPS) is 18.0. The van der Waals surface area contributed by atoms with E-state index in [0.717, 1.165) is 0 Å². The van der Waals surface area contributed by atoms with Gasteiger partial charge in [-0.15, -0.1) is 0 Å². The molecule has 50 valence electrons. The second kappa shape index (κ2) is 2.50. The van der Waals surface area contributed by atoms with Gasteiger partial charge >= 0.3 is 0 Å². The maximum absolute atomic E-state index is 10.4. The number of rotatable bonds is 1. The molecule has 0 spiro atoms. The van der Waals surface area contributed by atoms with Crippen LogP contribution in [0.5, 0.6) is 0 Å². The van der Waals surface area contributed by atoms with Crippen molar-refractivity contribution in [1.82, 2.24) is 10.6 Å². The zero-order valence-corrected chi connectivity index (χ0v) is 4.98. The lowest BCUT2D eigenvalue weighted by atomic mass is 10.2. The Kier molecular flexibility index (Phi) is 1.69. The second-order valence-electron chi connectivity index (χ2n) is 1.84. The summed E-state index contributed by atoms with van der Waals surface area (Å²) in [4.78, 5) is 10.4. The average Bonchev–Trinajstić information content (AvgIpc) is 1.90. The zero-order valence-electron chi connectivity index (χ0n) is 4.98. The minimum absolute atomic E-state index is 0.366. The fourth-order valence-corrected chi connectivity index (χ4v) is 0.653. The number of nitrogens with two attached hydrogens (primary N) is 1. The summed E-state index contributed by atoms with van der Waals surface area (Å²) in [6, 6.07) is 0. The molecule has 0 saturated heterocycles. The average molecular weight is 127 g/mol. The second-order valence-corrected chi connectivity index (χ2v) is 1.84. The third-order valence-electron chi connectivity index (χ3n) is 1.14. The van der Waals surface area contributed by atoms with Gasteiger partial charge < -0.3 is 11.1 Å². The van der Waals surface area contributed by atoms with Crippen molar-refractivity contribution in [2.24, 2.45) is 5.73 Å². The van der Waals surface area contributed by atoms with Gasteiger partial charge in [-0.3, -0.25) is 10.1 Å². The Bertz CT molecular complexity index is 152. The molecule has 9 heavy (non-hydrogen) atoms. The highest BCUT2D eigenvalue weighted by Gasteiger charge is 2.05. The summed E-state index contributed by atoms with van der Waals surface area (Å²) in [5.74, 6) is -0.366. The molecule has 0 aliphatic carbocycles. The van der Waals surface area contributed by atoms with Gasteiger partial charge in [-0.2, -0.15) is 0 Å². The predicted molar refractivity (Wildman–Crippen MR) is 33.3 cm³/mol. The molecule has 4 heteroatoms. The summed E-state index contributed by atoms with van der Waals surface area (Å²) < 4.78 is 0. The molecule has 1 heterocycles. The van der Waals surface area contributed by atoms with E-state index in [0.29, 0.717) is 18.8 Å². The van der Waals surface area contributed by atoms with Gasteiger partial charge in [0.25, 0.3) is 0 Å². The lowest BCUT2D eigenvalue weighted by molar-refractivity contribution is -0.114. The summed E-state index contributed by atoms with van der Waals surface area (Å²) in [5.41, 5.74) is 5.58. The number of primary amides is 1. The van der Waals surface area contributed by atoms with Crippen LogP contribution in [0.2, 0.25) is 0 Å². The molecule has 0 bridgehead atoms. The van der Waals surface area contributed by atoms with E-state index in [1.807, 2.05) is 0 Å². The van der Waals surface area contributed by atoms with Crippen LogP contribution < -0.4 is 16.4 Å². The van der Waals surface area contributed by atoms with Gasteiger partial charge in [-0.1, -0.05) is 0 Å². The molecule has 1 amide bonds. The molecular formula is C5H9N3O. The Balaban J connectivity index is 2.57. The molecule has 0 saturated carbocycles. The van der Waals surface area contributed by atoms with E-state index >= 15 is 0 Å².